The minimum Gasteiger partial charge on any atom is -0.488 e. The third-order valence-corrected chi connectivity index (χ3v) is 3.24. The maximum atomic E-state index is 13.6. The van der Waals surface area contributed by atoms with Gasteiger partial charge in [-0.15, -0.1) is 0 Å². The van der Waals surface area contributed by atoms with Crippen LogP contribution in [0.4, 0.5) is 14.5 Å². The van der Waals surface area contributed by atoms with Gasteiger partial charge in [-0.1, -0.05) is 0 Å². The smallest absolute Gasteiger partial charge is 0.145 e. The second-order valence-electron chi connectivity index (χ2n) is 4.91. The lowest BCUT2D eigenvalue weighted by Crippen LogP contribution is -2.31. The van der Waals surface area contributed by atoms with E-state index in [0.717, 1.165) is 0 Å². The summed E-state index contributed by atoms with van der Waals surface area (Å²) >= 11 is 0. The van der Waals surface area contributed by atoms with Crippen molar-refractivity contribution in [2.24, 2.45) is 0 Å². The van der Waals surface area contributed by atoms with E-state index in [9.17, 15) is 8.78 Å². The highest BCUT2D eigenvalue weighted by Gasteiger charge is 2.31. The molecule has 4 heteroatoms. The standard InChI is InChI=1S/C13H17F2NO/c1-13(15)6-4-10(5-7-13)17-12-8-9(14)2-3-11(12)16/h2-3,8,10H,4-7,16H2,1H3. The first-order chi connectivity index (χ1) is 7.96. The van der Waals surface area contributed by atoms with Crippen LogP contribution < -0.4 is 10.5 Å². The molecule has 0 unspecified atom stereocenters. The van der Waals surface area contributed by atoms with E-state index >= 15 is 0 Å². The molecule has 1 aromatic rings. The summed E-state index contributed by atoms with van der Waals surface area (Å²) in [5.74, 6) is -0.0159. The number of hydrogen-bond acceptors (Lipinski definition) is 2. The van der Waals surface area contributed by atoms with Crippen LogP contribution in [0.1, 0.15) is 32.6 Å². The Balaban J connectivity index is 2.00. The van der Waals surface area contributed by atoms with Gasteiger partial charge in [-0.05, 0) is 44.7 Å². The zero-order valence-corrected chi connectivity index (χ0v) is 9.88. The Hall–Kier alpha value is -1.32. The quantitative estimate of drug-likeness (QED) is 0.805. The average Bonchev–Trinajstić information content (AvgIpc) is 2.26. The van der Waals surface area contributed by atoms with Gasteiger partial charge < -0.3 is 10.5 Å². The summed E-state index contributed by atoms with van der Waals surface area (Å²) in [6.07, 6.45) is 2.18. The number of hydrogen-bond donors (Lipinski definition) is 1. The van der Waals surface area contributed by atoms with Crippen LogP contribution in [0, 0.1) is 5.82 Å². The van der Waals surface area contributed by atoms with Crippen LogP contribution in [0.15, 0.2) is 18.2 Å². The van der Waals surface area contributed by atoms with E-state index < -0.39 is 5.67 Å². The van der Waals surface area contributed by atoms with E-state index in [1.54, 1.807) is 6.92 Å². The fourth-order valence-electron chi connectivity index (χ4n) is 2.10. The molecule has 1 aromatic carbocycles. The van der Waals surface area contributed by atoms with Crippen LogP contribution >= 0.6 is 0 Å². The maximum absolute atomic E-state index is 13.6. The van der Waals surface area contributed by atoms with Crippen molar-refractivity contribution >= 4 is 5.69 Å². The lowest BCUT2D eigenvalue weighted by atomic mass is 9.86. The predicted molar refractivity (Wildman–Crippen MR) is 63.2 cm³/mol. The third-order valence-electron chi connectivity index (χ3n) is 3.24. The molecule has 0 heterocycles. The Morgan fingerprint density at radius 1 is 1.35 bits per heavy atom. The Morgan fingerprint density at radius 2 is 2.00 bits per heavy atom. The minimum absolute atomic E-state index is 0.0667. The summed E-state index contributed by atoms with van der Waals surface area (Å²) in [6, 6.07) is 4.05. The average molecular weight is 241 g/mol. The Bertz CT molecular complexity index is 396. The molecule has 0 amide bonds. The first kappa shape index (κ1) is 12.1. The van der Waals surface area contributed by atoms with Gasteiger partial charge in [0.15, 0.2) is 0 Å². The van der Waals surface area contributed by atoms with Crippen LogP contribution in [0.2, 0.25) is 0 Å². The molecule has 0 aliphatic heterocycles. The van der Waals surface area contributed by atoms with Crippen molar-refractivity contribution in [2.45, 2.75) is 44.4 Å². The van der Waals surface area contributed by atoms with Gasteiger partial charge in [-0.25, -0.2) is 8.78 Å². The number of anilines is 1. The summed E-state index contributed by atoms with van der Waals surface area (Å²) in [5.41, 5.74) is 5.02. The van der Waals surface area contributed by atoms with Gasteiger partial charge in [0.2, 0.25) is 0 Å². The summed E-state index contributed by atoms with van der Waals surface area (Å²) in [5, 5.41) is 0. The summed E-state index contributed by atoms with van der Waals surface area (Å²) in [7, 11) is 0. The molecule has 1 saturated carbocycles. The van der Waals surface area contributed by atoms with Crippen LogP contribution in [-0.2, 0) is 0 Å². The summed E-state index contributed by atoms with van der Waals surface area (Å²) in [6.45, 7) is 1.61. The van der Waals surface area contributed by atoms with Crippen LogP contribution in [0.5, 0.6) is 5.75 Å². The minimum atomic E-state index is -1.09. The van der Waals surface area contributed by atoms with E-state index in [-0.39, 0.29) is 11.9 Å². The Kier molecular flexibility index (Phi) is 3.22. The lowest BCUT2D eigenvalue weighted by molar-refractivity contribution is 0.0581. The molecule has 17 heavy (non-hydrogen) atoms. The van der Waals surface area contributed by atoms with Crippen LogP contribution in [0.25, 0.3) is 0 Å². The molecule has 0 aromatic heterocycles. The molecule has 1 aliphatic carbocycles. The topological polar surface area (TPSA) is 35.2 Å². The normalized spacial score (nSPS) is 29.0. The second kappa shape index (κ2) is 4.51. The van der Waals surface area contributed by atoms with Gasteiger partial charge in [0.05, 0.1) is 11.8 Å². The highest BCUT2D eigenvalue weighted by molar-refractivity contribution is 5.52. The SMILES string of the molecule is CC1(F)CCC(Oc2cc(F)ccc2N)CC1. The Labute approximate surface area is 99.8 Å². The number of ether oxygens (including phenoxy) is 1. The predicted octanol–water partition coefficient (Wildman–Crippen LogP) is 3.46. The Morgan fingerprint density at radius 3 is 2.65 bits per heavy atom. The first-order valence-corrected chi connectivity index (χ1v) is 5.87. The monoisotopic (exact) mass is 241 g/mol. The molecule has 2 rings (SSSR count). The van der Waals surface area contributed by atoms with E-state index in [0.29, 0.717) is 37.1 Å². The molecule has 1 fully saturated rings. The molecule has 0 radical (unpaired) electrons. The van der Waals surface area contributed by atoms with Crippen molar-refractivity contribution in [3.63, 3.8) is 0 Å². The number of alkyl halides is 1. The highest BCUT2D eigenvalue weighted by Crippen LogP contribution is 2.34. The molecule has 0 atom stereocenters. The van der Waals surface area contributed by atoms with Crippen molar-refractivity contribution in [3.05, 3.63) is 24.0 Å². The van der Waals surface area contributed by atoms with Gasteiger partial charge in [0, 0.05) is 6.07 Å². The largest absolute Gasteiger partial charge is 0.488 e. The summed E-state index contributed by atoms with van der Waals surface area (Å²) in [4.78, 5) is 0. The molecular formula is C13H17F2NO. The van der Waals surface area contributed by atoms with E-state index in [4.69, 9.17) is 10.5 Å². The van der Waals surface area contributed by atoms with Gasteiger partial charge in [-0.2, -0.15) is 0 Å². The van der Waals surface area contributed by atoms with Crippen molar-refractivity contribution < 1.29 is 13.5 Å². The molecule has 2 nitrogen and oxygen atoms in total. The lowest BCUT2D eigenvalue weighted by Gasteiger charge is -2.31. The molecule has 2 N–H and O–H groups in total. The number of halogens is 2. The van der Waals surface area contributed by atoms with Gasteiger partial charge in [0.25, 0.3) is 0 Å². The van der Waals surface area contributed by atoms with Gasteiger partial charge in [0.1, 0.15) is 17.2 Å². The fraction of sp³-hybridized carbons (Fsp3) is 0.538. The van der Waals surface area contributed by atoms with Crippen molar-refractivity contribution in [1.29, 1.82) is 0 Å². The molecule has 94 valence electrons. The second-order valence-corrected chi connectivity index (χ2v) is 4.91. The zero-order valence-electron chi connectivity index (χ0n) is 9.88. The third kappa shape index (κ3) is 3.08. The number of nitrogen functional groups attached to an aromatic ring is 1. The van der Waals surface area contributed by atoms with Crippen molar-refractivity contribution in [3.8, 4) is 5.75 Å². The fourth-order valence-corrected chi connectivity index (χ4v) is 2.10. The highest BCUT2D eigenvalue weighted by atomic mass is 19.1. The maximum Gasteiger partial charge on any atom is 0.145 e. The number of nitrogens with two attached hydrogens (primary N) is 1. The van der Waals surface area contributed by atoms with E-state index in [2.05, 4.69) is 0 Å². The molecule has 0 bridgehead atoms. The molecular weight excluding hydrogens is 224 g/mol. The van der Waals surface area contributed by atoms with Crippen molar-refractivity contribution in [2.75, 3.05) is 5.73 Å². The van der Waals surface area contributed by atoms with E-state index in [1.165, 1.54) is 18.2 Å². The molecule has 0 spiro atoms. The number of rotatable bonds is 2. The molecule has 0 saturated heterocycles. The van der Waals surface area contributed by atoms with Crippen LogP contribution in [0.3, 0.4) is 0 Å². The zero-order chi connectivity index (χ0) is 12.5. The van der Waals surface area contributed by atoms with Crippen LogP contribution in [-0.4, -0.2) is 11.8 Å². The molecule has 1 aliphatic rings. The van der Waals surface area contributed by atoms with Gasteiger partial charge in [-0.3, -0.25) is 0 Å². The number of benzene rings is 1. The van der Waals surface area contributed by atoms with Gasteiger partial charge >= 0.3 is 0 Å². The van der Waals surface area contributed by atoms with Crippen molar-refractivity contribution in [1.82, 2.24) is 0 Å². The van der Waals surface area contributed by atoms with E-state index in [1.807, 2.05) is 0 Å². The summed E-state index contributed by atoms with van der Waals surface area (Å²) < 4.78 is 32.2. The first-order valence-electron chi connectivity index (χ1n) is 5.87.